The molecule has 0 radical (unpaired) electrons. The maximum atomic E-state index is 11.9. The molecule has 0 N–H and O–H groups in total. The number of methoxy groups -OCH3 is 1. The van der Waals surface area contributed by atoms with E-state index in [0.29, 0.717) is 17.5 Å². The molecular weight excluding hydrogens is 232 g/mol. The van der Waals surface area contributed by atoms with Gasteiger partial charge >= 0.3 is 5.97 Å². The molecule has 1 aliphatic carbocycles. The van der Waals surface area contributed by atoms with Crippen molar-refractivity contribution in [1.82, 2.24) is 0 Å². The number of carbonyl (C=O) groups excluding carboxylic acids is 3. The van der Waals surface area contributed by atoms with Crippen molar-refractivity contribution in [2.75, 3.05) is 7.11 Å². The van der Waals surface area contributed by atoms with Gasteiger partial charge in [0.1, 0.15) is 0 Å². The van der Waals surface area contributed by atoms with Crippen LogP contribution in [0.25, 0.3) is 0 Å². The standard InChI is InChI=1S/C14H14O4/c1-8(15)9-3-4-12-10(5-9)6-11(7-13(12)16)14(17)18-2/h3-5,11H,6-7H2,1-2H3. The van der Waals surface area contributed by atoms with Crippen LogP contribution >= 0.6 is 0 Å². The van der Waals surface area contributed by atoms with E-state index in [1.807, 2.05) is 0 Å². The average molecular weight is 246 g/mol. The molecule has 0 aromatic heterocycles. The first kappa shape index (κ1) is 12.5. The van der Waals surface area contributed by atoms with Gasteiger partial charge in [0.15, 0.2) is 11.6 Å². The van der Waals surface area contributed by atoms with Crippen LogP contribution in [0.1, 0.15) is 39.6 Å². The van der Waals surface area contributed by atoms with Gasteiger partial charge in [-0.3, -0.25) is 14.4 Å². The molecule has 1 atom stereocenters. The number of benzene rings is 1. The normalized spacial score (nSPS) is 18.1. The summed E-state index contributed by atoms with van der Waals surface area (Å²) in [5.41, 5.74) is 1.93. The number of esters is 1. The molecule has 0 spiro atoms. The number of rotatable bonds is 2. The predicted octanol–water partition coefficient (Wildman–Crippen LogP) is 1.81. The van der Waals surface area contributed by atoms with E-state index in [9.17, 15) is 14.4 Å². The quantitative estimate of drug-likeness (QED) is 0.589. The zero-order valence-electron chi connectivity index (χ0n) is 10.4. The third-order valence-corrected chi connectivity index (χ3v) is 3.24. The smallest absolute Gasteiger partial charge is 0.309 e. The zero-order chi connectivity index (χ0) is 13.3. The number of carbonyl (C=O) groups is 3. The lowest BCUT2D eigenvalue weighted by molar-refractivity contribution is -0.145. The summed E-state index contributed by atoms with van der Waals surface area (Å²) in [6.45, 7) is 1.48. The van der Waals surface area contributed by atoms with Crippen molar-refractivity contribution in [2.24, 2.45) is 5.92 Å². The molecular formula is C14H14O4. The Kier molecular flexibility index (Phi) is 3.28. The highest BCUT2D eigenvalue weighted by molar-refractivity contribution is 6.02. The first-order valence-corrected chi connectivity index (χ1v) is 5.78. The number of ether oxygens (including phenoxy) is 1. The van der Waals surface area contributed by atoms with E-state index in [-0.39, 0.29) is 24.0 Å². The van der Waals surface area contributed by atoms with Crippen molar-refractivity contribution < 1.29 is 19.1 Å². The molecule has 4 heteroatoms. The first-order valence-electron chi connectivity index (χ1n) is 5.78. The van der Waals surface area contributed by atoms with Crippen LogP contribution in [-0.2, 0) is 16.0 Å². The van der Waals surface area contributed by atoms with Crippen molar-refractivity contribution in [2.45, 2.75) is 19.8 Å². The largest absolute Gasteiger partial charge is 0.469 e. The maximum Gasteiger partial charge on any atom is 0.309 e. The second kappa shape index (κ2) is 4.72. The summed E-state index contributed by atoms with van der Waals surface area (Å²) < 4.78 is 4.67. The van der Waals surface area contributed by atoms with Crippen LogP contribution in [0, 0.1) is 5.92 Å². The summed E-state index contributed by atoms with van der Waals surface area (Å²) in [4.78, 5) is 34.7. The molecule has 18 heavy (non-hydrogen) atoms. The first-order chi connectivity index (χ1) is 8.52. The Balaban J connectivity index is 2.38. The van der Waals surface area contributed by atoms with Gasteiger partial charge in [-0.1, -0.05) is 12.1 Å². The van der Waals surface area contributed by atoms with Gasteiger partial charge < -0.3 is 4.74 Å². The van der Waals surface area contributed by atoms with E-state index >= 15 is 0 Å². The summed E-state index contributed by atoms with van der Waals surface area (Å²) in [6.07, 6.45) is 0.633. The van der Waals surface area contributed by atoms with Gasteiger partial charge in [-0.25, -0.2) is 0 Å². The Morgan fingerprint density at radius 1 is 1.28 bits per heavy atom. The molecule has 0 bridgehead atoms. The molecule has 0 saturated carbocycles. The van der Waals surface area contributed by atoms with Crippen molar-refractivity contribution in [3.05, 3.63) is 34.9 Å². The molecule has 0 fully saturated rings. The molecule has 0 amide bonds. The van der Waals surface area contributed by atoms with Gasteiger partial charge in [0.25, 0.3) is 0 Å². The monoisotopic (exact) mass is 246 g/mol. The fraction of sp³-hybridized carbons (Fsp3) is 0.357. The minimum Gasteiger partial charge on any atom is -0.469 e. The van der Waals surface area contributed by atoms with Gasteiger partial charge in [0.05, 0.1) is 13.0 Å². The van der Waals surface area contributed by atoms with Gasteiger partial charge in [-0.05, 0) is 25.0 Å². The van der Waals surface area contributed by atoms with Crippen LogP contribution in [0.5, 0.6) is 0 Å². The summed E-state index contributed by atoms with van der Waals surface area (Å²) in [7, 11) is 1.31. The van der Waals surface area contributed by atoms with Crippen LogP contribution in [-0.4, -0.2) is 24.6 Å². The third-order valence-electron chi connectivity index (χ3n) is 3.24. The topological polar surface area (TPSA) is 60.4 Å². The van der Waals surface area contributed by atoms with Crippen LogP contribution in [0.15, 0.2) is 18.2 Å². The number of ketones is 2. The van der Waals surface area contributed by atoms with Gasteiger partial charge in [-0.15, -0.1) is 0 Å². The highest BCUT2D eigenvalue weighted by atomic mass is 16.5. The van der Waals surface area contributed by atoms with Crippen LogP contribution in [0.2, 0.25) is 0 Å². The lowest BCUT2D eigenvalue weighted by Crippen LogP contribution is -2.27. The summed E-state index contributed by atoms with van der Waals surface area (Å²) in [6, 6.07) is 5.02. The summed E-state index contributed by atoms with van der Waals surface area (Å²) in [5, 5.41) is 0. The van der Waals surface area contributed by atoms with E-state index < -0.39 is 5.92 Å². The second-order valence-corrected chi connectivity index (χ2v) is 4.48. The Hall–Kier alpha value is -1.97. The Labute approximate surface area is 105 Å². The van der Waals surface area contributed by atoms with Gasteiger partial charge in [0.2, 0.25) is 0 Å². The molecule has 2 rings (SSSR count). The number of Topliss-reactive ketones (excluding diaryl/α,β-unsaturated/α-hetero) is 2. The van der Waals surface area contributed by atoms with Crippen molar-refractivity contribution in [1.29, 1.82) is 0 Å². The lowest BCUT2D eigenvalue weighted by atomic mass is 9.82. The molecule has 1 unspecified atom stereocenters. The summed E-state index contributed by atoms with van der Waals surface area (Å²) in [5.74, 6) is -0.924. The maximum absolute atomic E-state index is 11.9. The van der Waals surface area contributed by atoms with E-state index in [1.165, 1.54) is 14.0 Å². The van der Waals surface area contributed by atoms with Crippen LogP contribution in [0.3, 0.4) is 0 Å². The molecule has 1 aromatic rings. The SMILES string of the molecule is COC(=O)C1CC(=O)c2ccc(C(C)=O)cc2C1. The Morgan fingerprint density at radius 3 is 2.61 bits per heavy atom. The molecule has 0 saturated heterocycles. The Morgan fingerprint density at radius 2 is 2.00 bits per heavy atom. The fourth-order valence-corrected chi connectivity index (χ4v) is 2.26. The fourth-order valence-electron chi connectivity index (χ4n) is 2.26. The highest BCUT2D eigenvalue weighted by Gasteiger charge is 2.30. The van der Waals surface area contributed by atoms with Crippen molar-refractivity contribution in [3.63, 3.8) is 0 Å². The van der Waals surface area contributed by atoms with Crippen LogP contribution < -0.4 is 0 Å². The Bertz CT molecular complexity index is 531. The minimum atomic E-state index is -0.433. The van der Waals surface area contributed by atoms with Crippen molar-refractivity contribution >= 4 is 17.5 Å². The molecule has 0 aliphatic heterocycles. The van der Waals surface area contributed by atoms with Gasteiger partial charge in [-0.2, -0.15) is 0 Å². The zero-order valence-corrected chi connectivity index (χ0v) is 10.4. The van der Waals surface area contributed by atoms with E-state index in [1.54, 1.807) is 18.2 Å². The highest BCUT2D eigenvalue weighted by Crippen LogP contribution is 2.27. The summed E-state index contributed by atoms with van der Waals surface area (Å²) >= 11 is 0. The molecule has 1 aliphatic rings. The minimum absolute atomic E-state index is 0.0505. The average Bonchev–Trinajstić information content (AvgIpc) is 2.36. The van der Waals surface area contributed by atoms with Gasteiger partial charge in [0, 0.05) is 17.5 Å². The molecule has 0 heterocycles. The van der Waals surface area contributed by atoms with E-state index in [4.69, 9.17) is 0 Å². The number of hydrogen-bond donors (Lipinski definition) is 0. The third kappa shape index (κ3) is 2.18. The van der Waals surface area contributed by atoms with E-state index in [0.717, 1.165) is 5.56 Å². The molecule has 94 valence electrons. The predicted molar refractivity (Wildman–Crippen MR) is 64.6 cm³/mol. The van der Waals surface area contributed by atoms with Crippen LogP contribution in [0.4, 0.5) is 0 Å². The van der Waals surface area contributed by atoms with E-state index in [2.05, 4.69) is 4.74 Å². The number of fused-ring (bicyclic) bond motifs is 1. The molecule has 4 nitrogen and oxygen atoms in total. The lowest BCUT2D eigenvalue weighted by Gasteiger charge is -2.22. The second-order valence-electron chi connectivity index (χ2n) is 4.48. The molecule has 1 aromatic carbocycles. The van der Waals surface area contributed by atoms with Crippen molar-refractivity contribution in [3.8, 4) is 0 Å². The number of hydrogen-bond acceptors (Lipinski definition) is 4.